The van der Waals surface area contributed by atoms with E-state index < -0.39 is 0 Å². The summed E-state index contributed by atoms with van der Waals surface area (Å²) in [5, 5.41) is 4.00. The van der Waals surface area contributed by atoms with Gasteiger partial charge in [-0.15, -0.1) is 0 Å². The molecule has 2 saturated carbocycles. The summed E-state index contributed by atoms with van der Waals surface area (Å²) in [5.74, 6) is 1.68. The Kier molecular flexibility index (Phi) is 3.47. The van der Waals surface area contributed by atoms with Crippen LogP contribution in [0.1, 0.15) is 37.7 Å². The van der Waals surface area contributed by atoms with Crippen LogP contribution in [0.4, 0.5) is 0 Å². The second kappa shape index (κ2) is 5.27. The number of carbonyl (C=O) groups is 1. The van der Waals surface area contributed by atoms with E-state index in [4.69, 9.17) is 9.57 Å². The summed E-state index contributed by atoms with van der Waals surface area (Å²) < 4.78 is 5.16. The maximum Gasteiger partial charge on any atom is 0.338 e. The molecule has 2 aliphatic carbocycles. The fraction of sp³-hybridized carbons (Fsp3) is 0.500. The molecule has 0 saturated heterocycles. The number of rotatable bonds is 5. The minimum atomic E-state index is -0.175. The predicted octanol–water partition coefficient (Wildman–Crippen LogP) is 3.13. The largest absolute Gasteiger partial charge is 0.497 e. The number of ether oxygens (including phenoxy) is 1. The van der Waals surface area contributed by atoms with E-state index in [1.165, 1.54) is 5.56 Å². The van der Waals surface area contributed by atoms with Crippen molar-refractivity contribution in [2.45, 2.75) is 32.1 Å². The van der Waals surface area contributed by atoms with E-state index in [1.54, 1.807) is 7.11 Å². The Morgan fingerprint density at radius 3 is 2.55 bits per heavy atom. The number of methoxy groups -OCH3 is 1. The van der Waals surface area contributed by atoms with Crippen LogP contribution in [0.2, 0.25) is 0 Å². The Labute approximate surface area is 118 Å². The van der Waals surface area contributed by atoms with Crippen molar-refractivity contribution in [1.29, 1.82) is 0 Å². The summed E-state index contributed by atoms with van der Waals surface area (Å²) in [6, 6.07) is 8.13. The van der Waals surface area contributed by atoms with Crippen molar-refractivity contribution >= 4 is 11.7 Å². The van der Waals surface area contributed by atoms with Crippen molar-refractivity contribution in [1.82, 2.24) is 0 Å². The Hall–Kier alpha value is -1.84. The summed E-state index contributed by atoms with van der Waals surface area (Å²) in [6.45, 7) is 1.94. The lowest BCUT2D eigenvalue weighted by atomic mass is 10.1. The number of oxime groups is 1. The van der Waals surface area contributed by atoms with Crippen molar-refractivity contribution in [3.8, 4) is 5.75 Å². The Bertz CT molecular complexity index is 531. The van der Waals surface area contributed by atoms with E-state index in [1.807, 2.05) is 19.1 Å². The molecule has 3 rings (SSSR count). The van der Waals surface area contributed by atoms with Gasteiger partial charge in [0.25, 0.3) is 0 Å². The van der Waals surface area contributed by atoms with Gasteiger partial charge in [-0.05, 0) is 49.8 Å². The Morgan fingerprint density at radius 2 is 1.95 bits per heavy atom. The summed E-state index contributed by atoms with van der Waals surface area (Å²) in [4.78, 5) is 16.4. The zero-order valence-corrected chi connectivity index (χ0v) is 11.8. The first kappa shape index (κ1) is 13.2. The molecule has 0 aromatic heterocycles. The molecule has 0 spiro atoms. The van der Waals surface area contributed by atoms with Crippen LogP contribution in [0.5, 0.6) is 5.75 Å². The third kappa shape index (κ3) is 2.84. The van der Waals surface area contributed by atoms with E-state index in [-0.39, 0.29) is 11.9 Å². The number of nitrogens with zero attached hydrogens (tertiary/aromatic N) is 1. The highest BCUT2D eigenvalue weighted by molar-refractivity contribution is 5.88. The minimum Gasteiger partial charge on any atom is -0.497 e. The minimum absolute atomic E-state index is 0.100. The van der Waals surface area contributed by atoms with Crippen molar-refractivity contribution in [2.75, 3.05) is 7.11 Å². The Balaban J connectivity index is 1.56. The topological polar surface area (TPSA) is 47.9 Å². The molecule has 1 aromatic rings. The predicted molar refractivity (Wildman–Crippen MR) is 75.8 cm³/mol. The van der Waals surface area contributed by atoms with Gasteiger partial charge in [-0.25, -0.2) is 4.79 Å². The maximum atomic E-state index is 11.4. The van der Waals surface area contributed by atoms with Crippen LogP contribution in [-0.4, -0.2) is 18.8 Å². The monoisotopic (exact) mass is 273 g/mol. The van der Waals surface area contributed by atoms with Gasteiger partial charge >= 0.3 is 5.97 Å². The second-order valence-electron chi connectivity index (χ2n) is 5.64. The van der Waals surface area contributed by atoms with Gasteiger partial charge in [-0.1, -0.05) is 17.3 Å². The van der Waals surface area contributed by atoms with E-state index >= 15 is 0 Å². The van der Waals surface area contributed by atoms with Gasteiger partial charge in [-0.3, -0.25) is 0 Å². The quantitative estimate of drug-likeness (QED) is 0.470. The van der Waals surface area contributed by atoms with Gasteiger partial charge < -0.3 is 9.57 Å². The molecule has 2 fully saturated rings. The number of hydrogen-bond acceptors (Lipinski definition) is 4. The van der Waals surface area contributed by atoms with Crippen LogP contribution < -0.4 is 4.74 Å². The summed E-state index contributed by atoms with van der Waals surface area (Å²) >= 11 is 0. The summed E-state index contributed by atoms with van der Waals surface area (Å²) in [5.41, 5.74) is 2.21. The molecule has 0 amide bonds. The van der Waals surface area contributed by atoms with Crippen LogP contribution in [0.25, 0.3) is 0 Å². The standard InChI is InChI=1S/C16H19NO3/c1-10(17-20-16(18)12-3-4-12)14-9-15(14)11-5-7-13(19-2)8-6-11/h5-8,12,14-15H,3-4,9H2,1-2H3/t14-,15-/m1/s1. The van der Waals surface area contributed by atoms with Crippen LogP contribution in [0.3, 0.4) is 0 Å². The van der Waals surface area contributed by atoms with E-state index in [0.29, 0.717) is 11.8 Å². The smallest absolute Gasteiger partial charge is 0.338 e. The second-order valence-corrected chi connectivity index (χ2v) is 5.64. The van der Waals surface area contributed by atoms with Gasteiger partial charge in [0.1, 0.15) is 5.75 Å². The molecule has 20 heavy (non-hydrogen) atoms. The lowest BCUT2D eigenvalue weighted by molar-refractivity contribution is -0.145. The fourth-order valence-corrected chi connectivity index (χ4v) is 2.45. The number of benzene rings is 1. The molecular formula is C16H19NO3. The zero-order chi connectivity index (χ0) is 14.1. The van der Waals surface area contributed by atoms with Gasteiger partial charge in [0.2, 0.25) is 0 Å². The molecule has 2 atom stereocenters. The average molecular weight is 273 g/mol. The first-order chi connectivity index (χ1) is 9.69. The molecular weight excluding hydrogens is 254 g/mol. The zero-order valence-electron chi connectivity index (χ0n) is 11.8. The molecule has 0 unspecified atom stereocenters. The Morgan fingerprint density at radius 1 is 1.25 bits per heavy atom. The molecule has 0 aliphatic heterocycles. The SMILES string of the molecule is COc1ccc([C@H]2C[C@@H]2C(C)=NOC(=O)C2CC2)cc1. The van der Waals surface area contributed by atoms with Crippen molar-refractivity contribution in [3.05, 3.63) is 29.8 Å². The van der Waals surface area contributed by atoms with Crippen LogP contribution in [0.15, 0.2) is 29.4 Å². The molecule has 4 heteroatoms. The highest BCUT2D eigenvalue weighted by Crippen LogP contribution is 2.48. The number of carbonyl (C=O) groups excluding carboxylic acids is 1. The van der Waals surface area contributed by atoms with E-state index in [0.717, 1.165) is 30.7 Å². The van der Waals surface area contributed by atoms with Gasteiger partial charge in [0.05, 0.1) is 18.7 Å². The first-order valence-corrected chi connectivity index (χ1v) is 7.08. The molecule has 0 heterocycles. The number of hydrogen-bond donors (Lipinski definition) is 0. The third-order valence-electron chi connectivity index (χ3n) is 4.06. The highest BCUT2D eigenvalue weighted by Gasteiger charge is 2.41. The lowest BCUT2D eigenvalue weighted by Gasteiger charge is -2.03. The molecule has 0 bridgehead atoms. The summed E-state index contributed by atoms with van der Waals surface area (Å²) in [7, 11) is 1.67. The normalized spacial score (nSPS) is 25.2. The van der Waals surface area contributed by atoms with Crippen LogP contribution in [0, 0.1) is 11.8 Å². The highest BCUT2D eigenvalue weighted by atomic mass is 16.7. The molecule has 106 valence electrons. The average Bonchev–Trinajstić information content (AvgIpc) is 3.36. The first-order valence-electron chi connectivity index (χ1n) is 7.08. The van der Waals surface area contributed by atoms with Gasteiger partial charge in [0.15, 0.2) is 0 Å². The van der Waals surface area contributed by atoms with Crippen LogP contribution >= 0.6 is 0 Å². The van der Waals surface area contributed by atoms with E-state index in [9.17, 15) is 4.79 Å². The van der Waals surface area contributed by atoms with Crippen LogP contribution in [-0.2, 0) is 9.63 Å². The molecule has 1 aromatic carbocycles. The maximum absolute atomic E-state index is 11.4. The molecule has 2 aliphatic rings. The summed E-state index contributed by atoms with van der Waals surface area (Å²) in [6.07, 6.45) is 2.97. The van der Waals surface area contributed by atoms with Gasteiger partial charge in [0, 0.05) is 5.92 Å². The third-order valence-corrected chi connectivity index (χ3v) is 4.06. The van der Waals surface area contributed by atoms with E-state index in [2.05, 4.69) is 17.3 Å². The molecule has 0 radical (unpaired) electrons. The van der Waals surface area contributed by atoms with Crippen molar-refractivity contribution in [2.24, 2.45) is 17.0 Å². The lowest BCUT2D eigenvalue weighted by Crippen LogP contribution is -2.05. The van der Waals surface area contributed by atoms with Crippen molar-refractivity contribution < 1.29 is 14.4 Å². The fourth-order valence-electron chi connectivity index (χ4n) is 2.45. The molecule has 0 N–H and O–H groups in total. The molecule has 4 nitrogen and oxygen atoms in total. The van der Waals surface area contributed by atoms with Gasteiger partial charge in [-0.2, -0.15) is 0 Å². The van der Waals surface area contributed by atoms with Crippen molar-refractivity contribution in [3.63, 3.8) is 0 Å².